The van der Waals surface area contributed by atoms with Gasteiger partial charge in [0.25, 0.3) is 5.91 Å². The summed E-state index contributed by atoms with van der Waals surface area (Å²) in [7, 11) is 0. The number of nitrogens with one attached hydrogen (secondary N) is 2. The highest BCUT2D eigenvalue weighted by atomic mass is 32.1. The molecule has 7 nitrogen and oxygen atoms in total. The summed E-state index contributed by atoms with van der Waals surface area (Å²) in [6.07, 6.45) is 0.356. The largest absolute Gasteiger partial charge is 0.449 e. The number of thiophene rings is 1. The summed E-state index contributed by atoms with van der Waals surface area (Å²) in [6.45, 7) is 4.23. The van der Waals surface area contributed by atoms with Crippen LogP contribution in [0.4, 0.5) is 4.79 Å². The molecule has 26 heavy (non-hydrogen) atoms. The fourth-order valence-corrected chi connectivity index (χ4v) is 3.51. The standard InChI is InChI=1S/C18H24N2O5S/c1-11(2)15(14(21)10-12-5-7-19-17(23)16(12)22)20-18(24)25-8-6-13-4-3-9-26-13/h3-4,9,11-12,15H,5-8,10H2,1-2H3,(H,19,23)(H,20,24). The summed E-state index contributed by atoms with van der Waals surface area (Å²) >= 11 is 1.59. The van der Waals surface area contributed by atoms with Gasteiger partial charge in [-0.2, -0.15) is 0 Å². The Bertz CT molecular complexity index is 657. The Hall–Kier alpha value is -2.22. The maximum Gasteiger partial charge on any atom is 0.407 e. The van der Waals surface area contributed by atoms with E-state index in [1.54, 1.807) is 11.3 Å². The minimum absolute atomic E-state index is 0.0510. The molecule has 0 radical (unpaired) electrons. The van der Waals surface area contributed by atoms with Crippen LogP contribution in [0.15, 0.2) is 17.5 Å². The molecule has 1 fully saturated rings. The molecule has 0 saturated carbocycles. The van der Waals surface area contributed by atoms with Crippen molar-refractivity contribution in [3.05, 3.63) is 22.4 Å². The number of amides is 2. The highest BCUT2D eigenvalue weighted by Gasteiger charge is 2.34. The Labute approximate surface area is 156 Å². The van der Waals surface area contributed by atoms with Crippen LogP contribution in [0.1, 0.15) is 31.6 Å². The average Bonchev–Trinajstić information content (AvgIpc) is 3.10. The van der Waals surface area contributed by atoms with Gasteiger partial charge in [0.15, 0.2) is 5.78 Å². The molecule has 1 aromatic rings. The van der Waals surface area contributed by atoms with Gasteiger partial charge < -0.3 is 15.4 Å². The third-order valence-electron chi connectivity index (χ3n) is 4.27. The van der Waals surface area contributed by atoms with Crippen LogP contribution >= 0.6 is 11.3 Å². The first-order valence-corrected chi connectivity index (χ1v) is 9.57. The van der Waals surface area contributed by atoms with Crippen LogP contribution in [-0.4, -0.2) is 42.8 Å². The predicted molar refractivity (Wildman–Crippen MR) is 96.9 cm³/mol. The van der Waals surface area contributed by atoms with Crippen molar-refractivity contribution < 1.29 is 23.9 Å². The molecular formula is C18H24N2O5S. The van der Waals surface area contributed by atoms with Gasteiger partial charge in [-0.15, -0.1) is 11.3 Å². The summed E-state index contributed by atoms with van der Waals surface area (Å²) in [5.41, 5.74) is 0. The molecule has 0 aromatic carbocycles. The molecule has 2 unspecified atom stereocenters. The number of piperidine rings is 1. The normalized spacial score (nSPS) is 18.3. The lowest BCUT2D eigenvalue weighted by Crippen LogP contribution is -2.48. The molecule has 2 heterocycles. The molecule has 8 heteroatoms. The van der Waals surface area contributed by atoms with E-state index in [4.69, 9.17) is 4.74 Å². The van der Waals surface area contributed by atoms with Gasteiger partial charge in [0.2, 0.25) is 5.78 Å². The number of ketones is 2. The molecule has 1 aromatic heterocycles. The van der Waals surface area contributed by atoms with E-state index in [9.17, 15) is 19.2 Å². The van der Waals surface area contributed by atoms with Gasteiger partial charge in [0, 0.05) is 30.2 Å². The number of ether oxygens (including phenoxy) is 1. The van der Waals surface area contributed by atoms with Crippen LogP contribution in [0.2, 0.25) is 0 Å². The molecule has 0 spiro atoms. The molecule has 0 aliphatic carbocycles. The number of rotatable bonds is 8. The lowest BCUT2D eigenvalue weighted by Gasteiger charge is -2.25. The highest BCUT2D eigenvalue weighted by Crippen LogP contribution is 2.17. The highest BCUT2D eigenvalue weighted by molar-refractivity contribution is 7.09. The number of Topliss-reactive ketones (excluding diaryl/α,β-unsaturated/α-hetero) is 2. The fraction of sp³-hybridized carbons (Fsp3) is 0.556. The van der Waals surface area contributed by atoms with Gasteiger partial charge >= 0.3 is 6.09 Å². The molecule has 1 saturated heterocycles. The minimum atomic E-state index is -0.748. The zero-order valence-electron chi connectivity index (χ0n) is 14.9. The summed E-state index contributed by atoms with van der Waals surface area (Å²) < 4.78 is 5.15. The van der Waals surface area contributed by atoms with Crippen LogP contribution in [0.3, 0.4) is 0 Å². The number of carbonyl (C=O) groups is 4. The SMILES string of the molecule is CC(C)C(NC(=O)OCCc1cccs1)C(=O)CC1CCNC(=O)C1=O. The van der Waals surface area contributed by atoms with E-state index < -0.39 is 29.7 Å². The van der Waals surface area contributed by atoms with Crippen LogP contribution < -0.4 is 10.6 Å². The van der Waals surface area contributed by atoms with Crippen molar-refractivity contribution in [2.24, 2.45) is 11.8 Å². The van der Waals surface area contributed by atoms with Crippen LogP contribution in [-0.2, 0) is 25.5 Å². The van der Waals surface area contributed by atoms with E-state index in [1.807, 2.05) is 31.4 Å². The smallest absolute Gasteiger partial charge is 0.407 e. The lowest BCUT2D eigenvalue weighted by atomic mass is 9.87. The van der Waals surface area contributed by atoms with Crippen molar-refractivity contribution in [1.29, 1.82) is 0 Å². The van der Waals surface area contributed by atoms with E-state index >= 15 is 0 Å². The Morgan fingerprint density at radius 2 is 2.15 bits per heavy atom. The Balaban J connectivity index is 1.84. The van der Waals surface area contributed by atoms with Gasteiger partial charge in [-0.3, -0.25) is 14.4 Å². The second-order valence-corrected chi connectivity index (χ2v) is 7.64. The van der Waals surface area contributed by atoms with Gasteiger partial charge in [-0.05, 0) is 23.8 Å². The number of carbonyl (C=O) groups excluding carboxylic acids is 4. The van der Waals surface area contributed by atoms with Gasteiger partial charge in [0.1, 0.15) is 0 Å². The van der Waals surface area contributed by atoms with Crippen molar-refractivity contribution in [2.75, 3.05) is 13.2 Å². The maximum absolute atomic E-state index is 12.5. The number of hydrogen-bond acceptors (Lipinski definition) is 6. The third kappa shape index (κ3) is 5.66. The molecule has 2 amide bonds. The van der Waals surface area contributed by atoms with Gasteiger partial charge in [-0.25, -0.2) is 4.79 Å². The molecule has 1 aliphatic rings. The molecule has 2 atom stereocenters. The summed E-state index contributed by atoms with van der Waals surface area (Å²) in [6, 6.07) is 3.14. The second-order valence-electron chi connectivity index (χ2n) is 6.61. The summed E-state index contributed by atoms with van der Waals surface area (Å²) in [5.74, 6) is -2.24. The van der Waals surface area contributed by atoms with Crippen molar-refractivity contribution in [3.63, 3.8) is 0 Å². The van der Waals surface area contributed by atoms with Crippen LogP contribution in [0.25, 0.3) is 0 Å². The Kier molecular flexibility index (Phi) is 7.32. The number of alkyl carbamates (subject to hydrolysis) is 1. The van der Waals surface area contributed by atoms with Crippen molar-refractivity contribution in [3.8, 4) is 0 Å². The first kappa shape index (κ1) is 20.1. The van der Waals surface area contributed by atoms with Crippen molar-refractivity contribution in [1.82, 2.24) is 10.6 Å². The molecule has 142 valence electrons. The maximum atomic E-state index is 12.5. The second kappa shape index (κ2) is 9.47. The molecular weight excluding hydrogens is 356 g/mol. The van der Waals surface area contributed by atoms with E-state index in [0.29, 0.717) is 19.4 Å². The minimum Gasteiger partial charge on any atom is -0.449 e. The summed E-state index contributed by atoms with van der Waals surface area (Å²) in [5, 5.41) is 7.01. The topological polar surface area (TPSA) is 102 Å². The Morgan fingerprint density at radius 3 is 2.81 bits per heavy atom. The van der Waals surface area contributed by atoms with E-state index in [0.717, 1.165) is 4.88 Å². The first-order valence-electron chi connectivity index (χ1n) is 8.69. The van der Waals surface area contributed by atoms with E-state index in [2.05, 4.69) is 10.6 Å². The zero-order valence-corrected chi connectivity index (χ0v) is 15.8. The van der Waals surface area contributed by atoms with Gasteiger partial charge in [-0.1, -0.05) is 19.9 Å². The predicted octanol–water partition coefficient (Wildman–Crippen LogP) is 1.71. The Morgan fingerprint density at radius 1 is 1.38 bits per heavy atom. The monoisotopic (exact) mass is 380 g/mol. The van der Waals surface area contributed by atoms with Crippen molar-refractivity contribution >= 4 is 34.9 Å². The van der Waals surface area contributed by atoms with Crippen molar-refractivity contribution in [2.45, 2.75) is 39.2 Å². The molecule has 2 rings (SSSR count). The third-order valence-corrected chi connectivity index (χ3v) is 5.21. The fourth-order valence-electron chi connectivity index (χ4n) is 2.81. The quantitative estimate of drug-likeness (QED) is 0.669. The summed E-state index contributed by atoms with van der Waals surface area (Å²) in [4.78, 5) is 48.9. The molecule has 1 aliphatic heterocycles. The van der Waals surface area contributed by atoms with Crippen LogP contribution in [0, 0.1) is 11.8 Å². The average molecular weight is 380 g/mol. The molecule has 0 bridgehead atoms. The lowest BCUT2D eigenvalue weighted by molar-refractivity contribution is -0.143. The first-order chi connectivity index (χ1) is 12.4. The van der Waals surface area contributed by atoms with Crippen LogP contribution in [0.5, 0.6) is 0 Å². The van der Waals surface area contributed by atoms with E-state index in [-0.39, 0.29) is 24.7 Å². The number of hydrogen-bond donors (Lipinski definition) is 2. The van der Waals surface area contributed by atoms with Gasteiger partial charge in [0.05, 0.1) is 12.6 Å². The molecule has 2 N–H and O–H groups in total. The zero-order chi connectivity index (χ0) is 19.1. The van der Waals surface area contributed by atoms with E-state index in [1.165, 1.54) is 0 Å².